The van der Waals surface area contributed by atoms with Gasteiger partial charge in [-0.25, -0.2) is 0 Å². The van der Waals surface area contributed by atoms with Gasteiger partial charge in [-0.3, -0.25) is 4.79 Å². The van der Waals surface area contributed by atoms with E-state index in [-0.39, 0.29) is 22.7 Å². The molecule has 0 aromatic rings. The van der Waals surface area contributed by atoms with Crippen LogP contribution in [0.5, 0.6) is 0 Å². The molecule has 0 radical (unpaired) electrons. The third-order valence-corrected chi connectivity index (χ3v) is 3.87. The largest absolute Gasteiger partial charge is 0.370 e. The molecule has 0 bridgehead atoms. The highest BCUT2D eigenvalue weighted by atomic mass is 16.5. The number of Topliss-reactive ketones (excluding diaryl/α,β-unsaturated/α-hetero) is 1. The summed E-state index contributed by atoms with van der Waals surface area (Å²) in [6.45, 7) is 13.7. The monoisotopic (exact) mass is 282 g/mol. The number of ketones is 1. The fraction of sp³-hybridized carbons (Fsp3) is 0.944. The molecular formula is C18H34O2. The lowest BCUT2D eigenvalue weighted by Gasteiger charge is -2.28. The van der Waals surface area contributed by atoms with Crippen molar-refractivity contribution in [1.29, 1.82) is 0 Å². The standard InChI is InChI=1S/C18H34O2/c1-17(2,3)11-15(19)16(12-18(4,5)6)20-13-14-9-7-8-10-14/h14,16H,7-13H2,1-6H3. The highest BCUT2D eigenvalue weighted by Crippen LogP contribution is 2.29. The maximum absolute atomic E-state index is 12.5. The fourth-order valence-electron chi connectivity index (χ4n) is 2.89. The Balaban J connectivity index is 2.56. The van der Waals surface area contributed by atoms with Crippen molar-refractivity contribution in [3.63, 3.8) is 0 Å². The summed E-state index contributed by atoms with van der Waals surface area (Å²) < 4.78 is 6.06. The van der Waals surface area contributed by atoms with Crippen LogP contribution in [0.2, 0.25) is 0 Å². The van der Waals surface area contributed by atoms with Crippen LogP contribution in [0, 0.1) is 16.7 Å². The van der Waals surface area contributed by atoms with Gasteiger partial charge in [0.15, 0.2) is 5.78 Å². The number of carbonyl (C=O) groups is 1. The van der Waals surface area contributed by atoms with Gasteiger partial charge in [0.25, 0.3) is 0 Å². The Kier molecular flexibility index (Phi) is 6.25. The van der Waals surface area contributed by atoms with Crippen molar-refractivity contribution in [2.45, 2.75) is 86.2 Å². The van der Waals surface area contributed by atoms with E-state index in [0.717, 1.165) is 13.0 Å². The molecule has 0 spiro atoms. The Morgan fingerprint density at radius 1 is 1.05 bits per heavy atom. The molecule has 0 aromatic heterocycles. The van der Waals surface area contributed by atoms with E-state index in [1.54, 1.807) is 0 Å². The van der Waals surface area contributed by atoms with Gasteiger partial charge >= 0.3 is 0 Å². The normalized spacial score (nSPS) is 19.3. The van der Waals surface area contributed by atoms with Crippen LogP contribution in [-0.4, -0.2) is 18.5 Å². The average Bonchev–Trinajstić information content (AvgIpc) is 2.72. The van der Waals surface area contributed by atoms with E-state index in [2.05, 4.69) is 41.5 Å². The van der Waals surface area contributed by atoms with Gasteiger partial charge in [-0.15, -0.1) is 0 Å². The second-order valence-electron chi connectivity index (χ2n) is 8.94. The average molecular weight is 282 g/mol. The number of ether oxygens (including phenoxy) is 1. The Labute approximate surface area is 125 Å². The molecule has 1 fully saturated rings. The van der Waals surface area contributed by atoms with Crippen LogP contribution < -0.4 is 0 Å². The minimum atomic E-state index is -0.213. The van der Waals surface area contributed by atoms with Crippen LogP contribution in [0.1, 0.15) is 80.1 Å². The van der Waals surface area contributed by atoms with E-state index in [0.29, 0.717) is 12.3 Å². The zero-order valence-corrected chi connectivity index (χ0v) is 14.4. The maximum atomic E-state index is 12.5. The molecular weight excluding hydrogens is 248 g/mol. The molecule has 1 rings (SSSR count). The Hall–Kier alpha value is -0.370. The number of hydrogen-bond donors (Lipinski definition) is 0. The molecule has 2 heteroatoms. The molecule has 20 heavy (non-hydrogen) atoms. The molecule has 118 valence electrons. The van der Waals surface area contributed by atoms with E-state index < -0.39 is 0 Å². The van der Waals surface area contributed by atoms with Crippen LogP contribution in [-0.2, 0) is 9.53 Å². The van der Waals surface area contributed by atoms with Crippen molar-refractivity contribution in [3.8, 4) is 0 Å². The molecule has 1 aliphatic carbocycles. The maximum Gasteiger partial charge on any atom is 0.162 e. The predicted octanol–water partition coefficient (Wildman–Crippen LogP) is 5.00. The Morgan fingerprint density at radius 2 is 1.60 bits per heavy atom. The molecule has 1 atom stereocenters. The molecule has 2 nitrogen and oxygen atoms in total. The second-order valence-corrected chi connectivity index (χ2v) is 8.94. The lowest BCUT2D eigenvalue weighted by molar-refractivity contribution is -0.135. The lowest BCUT2D eigenvalue weighted by atomic mass is 9.83. The first-order chi connectivity index (χ1) is 9.07. The molecule has 1 saturated carbocycles. The summed E-state index contributed by atoms with van der Waals surface area (Å²) in [5, 5.41) is 0. The van der Waals surface area contributed by atoms with E-state index in [9.17, 15) is 4.79 Å². The minimum absolute atomic E-state index is 0.0456. The molecule has 0 heterocycles. The summed E-state index contributed by atoms with van der Waals surface area (Å²) in [5.41, 5.74) is 0.178. The van der Waals surface area contributed by atoms with Crippen LogP contribution >= 0.6 is 0 Å². The highest BCUT2D eigenvalue weighted by Gasteiger charge is 2.29. The van der Waals surface area contributed by atoms with Crippen molar-refractivity contribution >= 4 is 5.78 Å². The fourth-order valence-corrected chi connectivity index (χ4v) is 2.89. The van der Waals surface area contributed by atoms with Crippen molar-refractivity contribution in [3.05, 3.63) is 0 Å². The van der Waals surface area contributed by atoms with Crippen molar-refractivity contribution in [1.82, 2.24) is 0 Å². The van der Waals surface area contributed by atoms with Crippen LogP contribution in [0.4, 0.5) is 0 Å². The molecule has 0 saturated heterocycles. The van der Waals surface area contributed by atoms with Gasteiger partial charge in [-0.05, 0) is 36.0 Å². The topological polar surface area (TPSA) is 26.3 Å². The molecule has 0 N–H and O–H groups in total. The van der Waals surface area contributed by atoms with E-state index in [1.165, 1.54) is 25.7 Å². The number of hydrogen-bond acceptors (Lipinski definition) is 2. The molecule has 0 aliphatic heterocycles. The summed E-state index contributed by atoms with van der Waals surface area (Å²) in [6.07, 6.45) is 6.43. The molecule has 1 aliphatic rings. The molecule has 1 unspecified atom stereocenters. The summed E-state index contributed by atoms with van der Waals surface area (Å²) in [5.74, 6) is 0.963. The van der Waals surface area contributed by atoms with Gasteiger partial charge in [-0.2, -0.15) is 0 Å². The Morgan fingerprint density at radius 3 is 2.05 bits per heavy atom. The van der Waals surface area contributed by atoms with Crippen molar-refractivity contribution in [2.75, 3.05) is 6.61 Å². The van der Waals surface area contributed by atoms with Crippen LogP contribution in [0.3, 0.4) is 0 Å². The summed E-state index contributed by atoms with van der Waals surface area (Å²) >= 11 is 0. The quantitative estimate of drug-likeness (QED) is 0.685. The third kappa shape index (κ3) is 7.42. The van der Waals surface area contributed by atoms with Gasteiger partial charge in [-0.1, -0.05) is 54.4 Å². The predicted molar refractivity (Wildman–Crippen MR) is 84.8 cm³/mol. The van der Waals surface area contributed by atoms with Gasteiger partial charge < -0.3 is 4.74 Å². The van der Waals surface area contributed by atoms with E-state index >= 15 is 0 Å². The molecule has 0 aromatic carbocycles. The summed E-state index contributed by atoms with van der Waals surface area (Å²) in [7, 11) is 0. The summed E-state index contributed by atoms with van der Waals surface area (Å²) in [4.78, 5) is 12.5. The highest BCUT2D eigenvalue weighted by molar-refractivity contribution is 5.83. The van der Waals surface area contributed by atoms with Crippen molar-refractivity contribution < 1.29 is 9.53 Å². The van der Waals surface area contributed by atoms with Gasteiger partial charge in [0.1, 0.15) is 6.10 Å². The lowest BCUT2D eigenvalue weighted by Crippen LogP contribution is -2.33. The number of rotatable bonds is 6. The first-order valence-corrected chi connectivity index (χ1v) is 8.21. The van der Waals surface area contributed by atoms with E-state index in [4.69, 9.17) is 4.74 Å². The van der Waals surface area contributed by atoms with E-state index in [1.807, 2.05) is 0 Å². The Bertz CT molecular complexity index is 300. The van der Waals surface area contributed by atoms with Crippen molar-refractivity contribution in [2.24, 2.45) is 16.7 Å². The van der Waals surface area contributed by atoms with Crippen LogP contribution in [0.25, 0.3) is 0 Å². The summed E-state index contributed by atoms with van der Waals surface area (Å²) in [6, 6.07) is 0. The SMILES string of the molecule is CC(C)(C)CC(=O)C(CC(C)(C)C)OCC1CCCC1. The van der Waals surface area contributed by atoms with Gasteiger partial charge in [0, 0.05) is 6.42 Å². The first kappa shape index (κ1) is 17.7. The smallest absolute Gasteiger partial charge is 0.162 e. The minimum Gasteiger partial charge on any atom is -0.370 e. The van der Waals surface area contributed by atoms with Gasteiger partial charge in [0.2, 0.25) is 0 Å². The zero-order chi connectivity index (χ0) is 15.4. The zero-order valence-electron chi connectivity index (χ0n) is 14.4. The second kappa shape index (κ2) is 7.06. The molecule has 0 amide bonds. The van der Waals surface area contributed by atoms with Crippen LogP contribution in [0.15, 0.2) is 0 Å². The number of carbonyl (C=O) groups excluding carboxylic acids is 1. The third-order valence-electron chi connectivity index (χ3n) is 3.87. The van der Waals surface area contributed by atoms with Gasteiger partial charge in [0.05, 0.1) is 6.61 Å². The first-order valence-electron chi connectivity index (χ1n) is 8.21.